The monoisotopic (exact) mass is 320 g/mol. The fraction of sp³-hybridized carbons (Fsp3) is 0.500. The lowest BCUT2D eigenvalue weighted by molar-refractivity contribution is 0.0600. The maximum absolute atomic E-state index is 13.8. The van der Waals surface area contributed by atoms with Gasteiger partial charge in [-0.2, -0.15) is 0 Å². The largest absolute Gasteiger partial charge is 0.336 e. The highest BCUT2D eigenvalue weighted by molar-refractivity contribution is 6.31. The number of carbonyl (C=O) groups is 1. The molecule has 1 fully saturated rings. The summed E-state index contributed by atoms with van der Waals surface area (Å²) in [6.07, 6.45) is 3.74. The summed E-state index contributed by atoms with van der Waals surface area (Å²) < 4.78 is 13.8. The minimum Gasteiger partial charge on any atom is -0.336 e. The van der Waals surface area contributed by atoms with Crippen molar-refractivity contribution in [2.45, 2.75) is 31.7 Å². The quantitative estimate of drug-likeness (QED) is 0.929. The average Bonchev–Trinajstić information content (AvgIpc) is 2.42. The Bertz CT molecular complexity index is 468. The molecule has 0 aromatic heterocycles. The van der Waals surface area contributed by atoms with Crippen LogP contribution in [0.25, 0.3) is 0 Å². The summed E-state index contributed by atoms with van der Waals surface area (Å²) in [5.74, 6) is -0.801. The van der Waals surface area contributed by atoms with Crippen LogP contribution in [0.2, 0.25) is 5.02 Å². The van der Waals surface area contributed by atoms with E-state index in [4.69, 9.17) is 17.3 Å². The second-order valence-corrected chi connectivity index (χ2v) is 5.29. The van der Waals surface area contributed by atoms with Gasteiger partial charge >= 0.3 is 0 Å². The summed E-state index contributed by atoms with van der Waals surface area (Å²) in [7, 11) is 0. The van der Waals surface area contributed by atoms with Gasteiger partial charge in [0.2, 0.25) is 0 Å². The normalized spacial score (nSPS) is 18.6. The van der Waals surface area contributed by atoms with Gasteiger partial charge in [-0.1, -0.05) is 11.6 Å². The van der Waals surface area contributed by atoms with Crippen molar-refractivity contribution in [3.8, 4) is 0 Å². The van der Waals surface area contributed by atoms with Crippen molar-refractivity contribution < 1.29 is 9.18 Å². The SMILES string of the molecule is Cl.NCCC1CCCCN1C(=O)c1cc(Cl)ccc1F. The number of likely N-dealkylation sites (tertiary alicyclic amines) is 1. The number of nitrogens with zero attached hydrogens (tertiary/aromatic N) is 1. The van der Waals surface area contributed by atoms with Gasteiger partial charge in [0.1, 0.15) is 5.82 Å². The second kappa shape index (κ2) is 7.81. The molecule has 0 bridgehead atoms. The van der Waals surface area contributed by atoms with Gasteiger partial charge < -0.3 is 10.6 Å². The molecular weight excluding hydrogens is 302 g/mol. The van der Waals surface area contributed by atoms with Gasteiger partial charge in [-0.25, -0.2) is 4.39 Å². The second-order valence-electron chi connectivity index (χ2n) is 4.85. The minimum absolute atomic E-state index is 0. The molecule has 3 nitrogen and oxygen atoms in total. The van der Waals surface area contributed by atoms with E-state index in [9.17, 15) is 9.18 Å². The van der Waals surface area contributed by atoms with E-state index >= 15 is 0 Å². The Labute approximate surface area is 129 Å². The lowest BCUT2D eigenvalue weighted by Crippen LogP contribution is -2.44. The van der Waals surface area contributed by atoms with Crippen LogP contribution in [0.5, 0.6) is 0 Å². The number of nitrogens with two attached hydrogens (primary N) is 1. The first-order valence-electron chi connectivity index (χ1n) is 6.59. The highest BCUT2D eigenvalue weighted by Gasteiger charge is 2.28. The van der Waals surface area contributed by atoms with Crippen molar-refractivity contribution in [2.75, 3.05) is 13.1 Å². The first-order valence-corrected chi connectivity index (χ1v) is 6.97. The Morgan fingerprint density at radius 2 is 2.20 bits per heavy atom. The molecule has 0 saturated carbocycles. The van der Waals surface area contributed by atoms with Crippen molar-refractivity contribution in [3.63, 3.8) is 0 Å². The fourth-order valence-corrected chi connectivity index (χ4v) is 2.75. The summed E-state index contributed by atoms with van der Waals surface area (Å²) >= 11 is 5.84. The molecule has 1 aliphatic rings. The summed E-state index contributed by atoms with van der Waals surface area (Å²) in [6.45, 7) is 1.20. The van der Waals surface area contributed by atoms with E-state index in [1.807, 2.05) is 0 Å². The van der Waals surface area contributed by atoms with E-state index in [1.54, 1.807) is 4.90 Å². The zero-order chi connectivity index (χ0) is 13.8. The molecule has 1 aromatic carbocycles. The third-order valence-corrected chi connectivity index (χ3v) is 3.78. The maximum atomic E-state index is 13.8. The Hall–Kier alpha value is -0.840. The summed E-state index contributed by atoms with van der Waals surface area (Å²) in [5, 5.41) is 0.372. The van der Waals surface area contributed by atoms with Gasteiger partial charge in [-0.05, 0) is 50.4 Å². The van der Waals surface area contributed by atoms with E-state index in [1.165, 1.54) is 18.2 Å². The Morgan fingerprint density at radius 1 is 1.45 bits per heavy atom. The van der Waals surface area contributed by atoms with Gasteiger partial charge in [-0.3, -0.25) is 4.79 Å². The van der Waals surface area contributed by atoms with Crippen molar-refractivity contribution >= 4 is 29.9 Å². The molecule has 1 heterocycles. The molecule has 6 heteroatoms. The lowest BCUT2D eigenvalue weighted by Gasteiger charge is -2.35. The Morgan fingerprint density at radius 3 is 2.90 bits per heavy atom. The van der Waals surface area contributed by atoms with E-state index < -0.39 is 5.82 Å². The van der Waals surface area contributed by atoms with Crippen LogP contribution in [-0.4, -0.2) is 29.9 Å². The Balaban J connectivity index is 0.00000200. The van der Waals surface area contributed by atoms with Gasteiger partial charge in [0.15, 0.2) is 0 Å². The van der Waals surface area contributed by atoms with Crippen molar-refractivity contribution in [3.05, 3.63) is 34.6 Å². The molecule has 1 saturated heterocycles. The summed E-state index contributed by atoms with van der Waals surface area (Å²) in [5.41, 5.74) is 5.63. The standard InChI is InChI=1S/C14H18ClFN2O.ClH/c15-10-4-5-13(16)12(9-10)14(19)18-8-2-1-3-11(18)6-7-17;/h4-5,9,11H,1-3,6-8,17H2;1H. The predicted molar refractivity (Wildman–Crippen MR) is 81.0 cm³/mol. The fourth-order valence-electron chi connectivity index (χ4n) is 2.58. The number of amides is 1. The molecule has 0 radical (unpaired) electrons. The molecule has 1 unspecified atom stereocenters. The minimum atomic E-state index is -0.522. The number of carbonyl (C=O) groups excluding carboxylic acids is 1. The van der Waals surface area contributed by atoms with E-state index in [-0.39, 0.29) is 29.9 Å². The molecule has 2 rings (SSSR count). The first kappa shape index (κ1) is 17.2. The molecule has 0 aliphatic carbocycles. The third-order valence-electron chi connectivity index (χ3n) is 3.55. The zero-order valence-electron chi connectivity index (χ0n) is 11.1. The number of rotatable bonds is 3. The molecule has 2 N–H and O–H groups in total. The molecule has 1 atom stereocenters. The zero-order valence-corrected chi connectivity index (χ0v) is 12.7. The van der Waals surface area contributed by atoms with Crippen LogP contribution < -0.4 is 5.73 Å². The maximum Gasteiger partial charge on any atom is 0.257 e. The van der Waals surface area contributed by atoms with E-state index in [0.29, 0.717) is 18.1 Å². The first-order chi connectivity index (χ1) is 9.13. The number of benzene rings is 1. The van der Waals surface area contributed by atoms with Crippen molar-refractivity contribution in [1.82, 2.24) is 4.90 Å². The van der Waals surface area contributed by atoms with Crippen molar-refractivity contribution in [2.24, 2.45) is 5.73 Å². The van der Waals surface area contributed by atoms with Gasteiger partial charge in [0.05, 0.1) is 5.56 Å². The number of hydrogen-bond donors (Lipinski definition) is 1. The molecule has 1 amide bonds. The topological polar surface area (TPSA) is 46.3 Å². The van der Waals surface area contributed by atoms with E-state index in [0.717, 1.165) is 25.7 Å². The van der Waals surface area contributed by atoms with Crippen LogP contribution in [-0.2, 0) is 0 Å². The highest BCUT2D eigenvalue weighted by Crippen LogP contribution is 2.24. The molecule has 0 spiro atoms. The van der Waals surface area contributed by atoms with Crippen LogP contribution >= 0.6 is 24.0 Å². The average molecular weight is 321 g/mol. The van der Waals surface area contributed by atoms with Gasteiger partial charge in [-0.15, -0.1) is 12.4 Å². The van der Waals surface area contributed by atoms with Crippen LogP contribution in [0.3, 0.4) is 0 Å². The number of piperidine rings is 1. The number of hydrogen-bond acceptors (Lipinski definition) is 2. The molecule has 1 aliphatic heterocycles. The highest BCUT2D eigenvalue weighted by atomic mass is 35.5. The molecular formula is C14H19Cl2FN2O. The lowest BCUT2D eigenvalue weighted by atomic mass is 9.98. The predicted octanol–water partition coefficient (Wildman–Crippen LogP) is 3.24. The van der Waals surface area contributed by atoms with Gasteiger partial charge in [0, 0.05) is 17.6 Å². The van der Waals surface area contributed by atoms with Crippen LogP contribution in [0.1, 0.15) is 36.0 Å². The molecule has 112 valence electrons. The molecule has 1 aromatic rings. The van der Waals surface area contributed by atoms with E-state index in [2.05, 4.69) is 0 Å². The Kier molecular flexibility index (Phi) is 6.72. The van der Waals surface area contributed by atoms with Crippen LogP contribution in [0, 0.1) is 5.82 Å². The summed E-state index contributed by atoms with van der Waals surface area (Å²) in [4.78, 5) is 14.2. The smallest absolute Gasteiger partial charge is 0.257 e. The van der Waals surface area contributed by atoms with Crippen LogP contribution in [0.15, 0.2) is 18.2 Å². The van der Waals surface area contributed by atoms with Crippen LogP contribution in [0.4, 0.5) is 4.39 Å². The van der Waals surface area contributed by atoms with Gasteiger partial charge in [0.25, 0.3) is 5.91 Å². The van der Waals surface area contributed by atoms with Crippen molar-refractivity contribution in [1.29, 1.82) is 0 Å². The third kappa shape index (κ3) is 3.84. The molecule has 20 heavy (non-hydrogen) atoms. The summed E-state index contributed by atoms with van der Waals surface area (Å²) in [6, 6.07) is 4.19. The number of halogens is 3.